The second-order valence-electron chi connectivity index (χ2n) is 4.53. The van der Waals surface area contributed by atoms with Gasteiger partial charge in [-0.3, -0.25) is 4.98 Å². The van der Waals surface area contributed by atoms with Crippen LogP contribution in [0.15, 0.2) is 59.6 Å². The van der Waals surface area contributed by atoms with Gasteiger partial charge in [0.15, 0.2) is 0 Å². The normalized spacial score (nSPS) is 10.3. The first-order chi connectivity index (χ1) is 10.3. The lowest BCUT2D eigenvalue weighted by Gasteiger charge is -2.12. The van der Waals surface area contributed by atoms with Crippen molar-refractivity contribution in [1.82, 2.24) is 4.98 Å². The smallest absolute Gasteiger partial charge is 0.103 e. The lowest BCUT2D eigenvalue weighted by Crippen LogP contribution is -1.96. The van der Waals surface area contributed by atoms with E-state index >= 15 is 0 Å². The molecule has 0 amide bonds. The van der Waals surface area contributed by atoms with Gasteiger partial charge in [0, 0.05) is 22.2 Å². The molecule has 0 bridgehead atoms. The fraction of sp³-hybridized carbons (Fsp3) is 0.0588. The Hall–Kier alpha value is -2.51. The van der Waals surface area contributed by atoms with Crippen molar-refractivity contribution in [3.8, 4) is 6.07 Å². The third kappa shape index (κ3) is 2.69. The SMILES string of the molecule is CSc1cccc(Nc2c(C#N)cnc3ccccc23)c1. The summed E-state index contributed by atoms with van der Waals surface area (Å²) in [7, 11) is 0. The number of hydrogen-bond donors (Lipinski definition) is 1. The molecular weight excluding hydrogens is 278 g/mol. The lowest BCUT2D eigenvalue weighted by molar-refractivity contribution is 1.36. The van der Waals surface area contributed by atoms with E-state index in [1.165, 1.54) is 4.90 Å². The molecule has 3 rings (SSSR count). The standard InChI is InChI=1S/C17H13N3S/c1-21-14-6-4-5-13(9-14)20-17-12(10-18)11-19-16-8-3-2-7-15(16)17/h2-9,11H,1H3,(H,19,20). The second-order valence-corrected chi connectivity index (χ2v) is 5.41. The second kappa shape index (κ2) is 5.86. The minimum Gasteiger partial charge on any atom is -0.354 e. The largest absolute Gasteiger partial charge is 0.354 e. The van der Waals surface area contributed by atoms with Gasteiger partial charge in [-0.15, -0.1) is 11.8 Å². The van der Waals surface area contributed by atoms with Crippen LogP contribution in [-0.4, -0.2) is 11.2 Å². The maximum Gasteiger partial charge on any atom is 0.103 e. The predicted octanol–water partition coefficient (Wildman–Crippen LogP) is 4.57. The van der Waals surface area contributed by atoms with E-state index in [1.807, 2.05) is 42.7 Å². The van der Waals surface area contributed by atoms with E-state index in [1.54, 1.807) is 18.0 Å². The van der Waals surface area contributed by atoms with Crippen molar-refractivity contribution in [3.05, 3.63) is 60.3 Å². The molecule has 0 atom stereocenters. The van der Waals surface area contributed by atoms with Crippen LogP contribution in [0.3, 0.4) is 0 Å². The number of benzene rings is 2. The first-order valence-electron chi connectivity index (χ1n) is 6.51. The zero-order chi connectivity index (χ0) is 14.7. The Labute approximate surface area is 127 Å². The molecule has 2 aromatic carbocycles. The molecule has 0 saturated carbocycles. The highest BCUT2D eigenvalue weighted by Gasteiger charge is 2.08. The Balaban J connectivity index is 2.12. The third-order valence-corrected chi connectivity index (χ3v) is 3.96. The van der Waals surface area contributed by atoms with Gasteiger partial charge in [0.05, 0.1) is 16.8 Å². The van der Waals surface area contributed by atoms with E-state index in [4.69, 9.17) is 0 Å². The van der Waals surface area contributed by atoms with E-state index in [2.05, 4.69) is 28.5 Å². The molecule has 4 heteroatoms. The summed E-state index contributed by atoms with van der Waals surface area (Å²) >= 11 is 1.69. The first-order valence-corrected chi connectivity index (χ1v) is 7.73. The summed E-state index contributed by atoms with van der Waals surface area (Å²) in [6.45, 7) is 0. The van der Waals surface area contributed by atoms with Crippen LogP contribution in [0.25, 0.3) is 10.9 Å². The van der Waals surface area contributed by atoms with Crippen molar-refractivity contribution in [2.45, 2.75) is 4.90 Å². The van der Waals surface area contributed by atoms with Gasteiger partial charge in [-0.2, -0.15) is 5.26 Å². The van der Waals surface area contributed by atoms with Crippen LogP contribution in [0.4, 0.5) is 11.4 Å². The van der Waals surface area contributed by atoms with Gasteiger partial charge >= 0.3 is 0 Å². The van der Waals surface area contributed by atoms with Crippen molar-refractivity contribution in [2.24, 2.45) is 0 Å². The number of hydrogen-bond acceptors (Lipinski definition) is 4. The monoisotopic (exact) mass is 291 g/mol. The van der Waals surface area contributed by atoms with Crippen molar-refractivity contribution < 1.29 is 0 Å². The molecule has 102 valence electrons. The Kier molecular flexibility index (Phi) is 3.76. The summed E-state index contributed by atoms with van der Waals surface area (Å²) in [4.78, 5) is 5.50. The summed E-state index contributed by atoms with van der Waals surface area (Å²) in [5.74, 6) is 0. The number of nitrogens with one attached hydrogen (secondary N) is 1. The minimum atomic E-state index is 0.545. The van der Waals surface area contributed by atoms with Gasteiger partial charge in [-0.05, 0) is 30.5 Å². The highest BCUT2D eigenvalue weighted by atomic mass is 32.2. The van der Waals surface area contributed by atoms with E-state index in [0.29, 0.717) is 5.56 Å². The van der Waals surface area contributed by atoms with Crippen LogP contribution >= 0.6 is 11.8 Å². The molecule has 3 nitrogen and oxygen atoms in total. The fourth-order valence-electron chi connectivity index (χ4n) is 2.21. The molecule has 21 heavy (non-hydrogen) atoms. The van der Waals surface area contributed by atoms with Crippen molar-refractivity contribution in [2.75, 3.05) is 11.6 Å². The molecule has 1 heterocycles. The summed E-state index contributed by atoms with van der Waals surface area (Å²) in [6.07, 6.45) is 3.66. The Morgan fingerprint density at radius 1 is 1.14 bits per heavy atom. The maximum absolute atomic E-state index is 9.32. The van der Waals surface area contributed by atoms with Crippen LogP contribution in [0.5, 0.6) is 0 Å². The zero-order valence-electron chi connectivity index (χ0n) is 11.5. The maximum atomic E-state index is 9.32. The number of fused-ring (bicyclic) bond motifs is 1. The van der Waals surface area contributed by atoms with Gasteiger partial charge in [0.2, 0.25) is 0 Å². The minimum absolute atomic E-state index is 0.545. The molecule has 1 aromatic heterocycles. The Bertz CT molecular complexity index is 837. The molecule has 0 saturated heterocycles. The number of nitrogens with zero attached hydrogens (tertiary/aromatic N) is 2. The zero-order valence-corrected chi connectivity index (χ0v) is 12.3. The van der Waals surface area contributed by atoms with Gasteiger partial charge in [-0.1, -0.05) is 24.3 Å². The van der Waals surface area contributed by atoms with E-state index in [0.717, 1.165) is 22.3 Å². The number of nitriles is 1. The van der Waals surface area contributed by atoms with Gasteiger partial charge in [0.25, 0.3) is 0 Å². The number of pyridine rings is 1. The van der Waals surface area contributed by atoms with Crippen LogP contribution in [0.1, 0.15) is 5.56 Å². The Morgan fingerprint density at radius 3 is 2.81 bits per heavy atom. The third-order valence-electron chi connectivity index (χ3n) is 3.23. The molecule has 0 radical (unpaired) electrons. The topological polar surface area (TPSA) is 48.7 Å². The molecule has 0 unspecified atom stereocenters. The van der Waals surface area contributed by atoms with Crippen LogP contribution in [0, 0.1) is 11.3 Å². The highest BCUT2D eigenvalue weighted by molar-refractivity contribution is 7.98. The molecular formula is C17H13N3S. The quantitative estimate of drug-likeness (QED) is 0.718. The lowest BCUT2D eigenvalue weighted by atomic mass is 10.1. The van der Waals surface area contributed by atoms with Crippen molar-refractivity contribution in [1.29, 1.82) is 5.26 Å². The summed E-state index contributed by atoms with van der Waals surface area (Å²) < 4.78 is 0. The molecule has 0 fully saturated rings. The number of thioether (sulfide) groups is 1. The van der Waals surface area contributed by atoms with E-state index < -0.39 is 0 Å². The van der Waals surface area contributed by atoms with Gasteiger partial charge in [-0.25, -0.2) is 0 Å². The van der Waals surface area contributed by atoms with Gasteiger partial charge < -0.3 is 5.32 Å². The molecule has 0 aliphatic heterocycles. The molecule has 0 aliphatic carbocycles. The molecule has 0 aliphatic rings. The predicted molar refractivity (Wildman–Crippen MR) is 88.0 cm³/mol. The molecule has 1 N–H and O–H groups in total. The first kappa shape index (κ1) is 13.5. The summed E-state index contributed by atoms with van der Waals surface area (Å²) in [6, 6.07) is 18.2. The number of para-hydroxylation sites is 1. The fourth-order valence-corrected chi connectivity index (χ4v) is 2.67. The average Bonchev–Trinajstić information content (AvgIpc) is 2.55. The van der Waals surface area contributed by atoms with E-state index in [9.17, 15) is 5.26 Å². The number of rotatable bonds is 3. The summed E-state index contributed by atoms with van der Waals surface area (Å²) in [5.41, 5.74) is 3.19. The number of anilines is 2. The average molecular weight is 291 g/mol. The molecule has 0 spiro atoms. The van der Waals surface area contributed by atoms with Crippen molar-refractivity contribution >= 4 is 34.0 Å². The molecule has 3 aromatic rings. The number of aromatic nitrogens is 1. The van der Waals surface area contributed by atoms with Gasteiger partial charge in [0.1, 0.15) is 6.07 Å². The highest BCUT2D eigenvalue weighted by Crippen LogP contribution is 2.29. The van der Waals surface area contributed by atoms with E-state index in [-0.39, 0.29) is 0 Å². The van der Waals surface area contributed by atoms with Crippen LogP contribution in [-0.2, 0) is 0 Å². The Morgan fingerprint density at radius 2 is 2.00 bits per heavy atom. The summed E-state index contributed by atoms with van der Waals surface area (Å²) in [5, 5.41) is 13.6. The van der Waals surface area contributed by atoms with Crippen LogP contribution in [0.2, 0.25) is 0 Å². The van der Waals surface area contributed by atoms with Crippen LogP contribution < -0.4 is 5.32 Å². The van der Waals surface area contributed by atoms with Crippen molar-refractivity contribution in [3.63, 3.8) is 0 Å².